The second-order valence-corrected chi connectivity index (χ2v) is 14.5. The summed E-state index contributed by atoms with van der Waals surface area (Å²) in [5.41, 5.74) is 5.26. The van der Waals surface area contributed by atoms with Crippen LogP contribution in [-0.2, 0) is 75.7 Å². The summed E-state index contributed by atoms with van der Waals surface area (Å²) in [6, 6.07) is 50.5. The van der Waals surface area contributed by atoms with E-state index in [1.165, 1.54) is 0 Å². The molecule has 2 fully saturated rings. The lowest BCUT2D eigenvalue weighted by Gasteiger charge is -2.46. The first-order valence-electron chi connectivity index (χ1n) is 19.9. The first-order chi connectivity index (χ1) is 28.1. The van der Waals surface area contributed by atoms with Crippen LogP contribution >= 0.6 is 0 Å². The molecular weight excluding hydrogens is 721 g/mol. The number of hydrogen-bond donors (Lipinski definition) is 0. The maximum absolute atomic E-state index is 6.78. The summed E-state index contributed by atoms with van der Waals surface area (Å²) in [4.78, 5) is 0. The standard InChI is InChI=1S/C48H54O9/c1-35-44(52-30-37-20-10-4-11-21-37)41(50-29-36-18-8-3-9-19-36)28-43(56-35)51-34-42-45(53-31-38-22-12-5-13-23-38)46(54-32-39-24-14-6-15-25-39)47(48(49-2)57-42)55-33-40-26-16-7-17-27-40/h3-27,35,41-48H,28-34H2,1-2H3/t35-,41+,42-,43-,44-,45-,46+,47-,48+/m1/s1. The molecule has 0 aliphatic carbocycles. The summed E-state index contributed by atoms with van der Waals surface area (Å²) in [6.45, 7) is 4.08. The predicted octanol–water partition coefficient (Wildman–Crippen LogP) is 8.44. The molecule has 9 atom stereocenters. The van der Waals surface area contributed by atoms with Gasteiger partial charge in [0.05, 0.1) is 51.8 Å². The molecule has 0 N–H and O–H groups in total. The molecule has 2 aliphatic heterocycles. The third-order valence-corrected chi connectivity index (χ3v) is 10.3. The average Bonchev–Trinajstić information content (AvgIpc) is 3.27. The molecule has 5 aromatic carbocycles. The summed E-state index contributed by atoms with van der Waals surface area (Å²) >= 11 is 0. The number of hydrogen-bond acceptors (Lipinski definition) is 9. The second kappa shape index (κ2) is 21.5. The Morgan fingerprint density at radius 3 is 1.26 bits per heavy atom. The van der Waals surface area contributed by atoms with Gasteiger partial charge in [0.25, 0.3) is 0 Å². The molecule has 9 nitrogen and oxygen atoms in total. The summed E-state index contributed by atoms with van der Waals surface area (Å²) in [5.74, 6) is 0. The van der Waals surface area contributed by atoms with Gasteiger partial charge in [-0.3, -0.25) is 0 Å². The van der Waals surface area contributed by atoms with Crippen LogP contribution in [0.2, 0.25) is 0 Å². The first kappa shape index (κ1) is 40.9. The minimum Gasteiger partial charge on any atom is -0.371 e. The van der Waals surface area contributed by atoms with Crippen molar-refractivity contribution in [3.05, 3.63) is 179 Å². The summed E-state index contributed by atoms with van der Waals surface area (Å²) < 4.78 is 59.0. The Hall–Kier alpha value is -4.26. The van der Waals surface area contributed by atoms with E-state index in [9.17, 15) is 0 Å². The van der Waals surface area contributed by atoms with Crippen LogP contribution in [0.1, 0.15) is 41.2 Å². The average molecular weight is 775 g/mol. The van der Waals surface area contributed by atoms with E-state index in [1.807, 2.05) is 134 Å². The van der Waals surface area contributed by atoms with E-state index in [2.05, 4.69) is 24.3 Å². The zero-order chi connectivity index (χ0) is 39.1. The van der Waals surface area contributed by atoms with Crippen LogP contribution in [0.15, 0.2) is 152 Å². The van der Waals surface area contributed by atoms with Crippen LogP contribution in [0, 0.1) is 0 Å². The van der Waals surface area contributed by atoms with Crippen LogP contribution in [0.25, 0.3) is 0 Å². The Balaban J connectivity index is 1.10. The highest BCUT2D eigenvalue weighted by Gasteiger charge is 2.49. The lowest BCUT2D eigenvalue weighted by molar-refractivity contribution is -0.333. The molecular formula is C48H54O9. The van der Waals surface area contributed by atoms with Crippen LogP contribution in [0.5, 0.6) is 0 Å². The van der Waals surface area contributed by atoms with E-state index >= 15 is 0 Å². The Labute approximate surface area is 336 Å². The molecule has 2 heterocycles. The zero-order valence-corrected chi connectivity index (χ0v) is 32.8. The van der Waals surface area contributed by atoms with Gasteiger partial charge in [-0.1, -0.05) is 152 Å². The van der Waals surface area contributed by atoms with Crippen molar-refractivity contribution in [2.75, 3.05) is 13.7 Å². The third kappa shape index (κ3) is 11.9. The van der Waals surface area contributed by atoms with Gasteiger partial charge >= 0.3 is 0 Å². The molecule has 9 heteroatoms. The lowest BCUT2D eigenvalue weighted by Crippen LogP contribution is -2.62. The van der Waals surface area contributed by atoms with E-state index < -0.39 is 37.0 Å². The number of benzene rings is 5. The maximum Gasteiger partial charge on any atom is 0.186 e. The highest BCUT2D eigenvalue weighted by Crippen LogP contribution is 2.33. The van der Waals surface area contributed by atoms with Gasteiger partial charge < -0.3 is 42.6 Å². The SMILES string of the molecule is CO[C@H]1O[C@H](CO[C@H]2C[C@H](OCc3ccccc3)[C@H](OCc3ccccc3)[C@@H](C)O2)[C@@H](OCc2ccccc2)[C@H](OCc2ccccc2)[C@H]1OCc1ccccc1. The second-order valence-electron chi connectivity index (χ2n) is 14.5. The lowest BCUT2D eigenvalue weighted by atomic mass is 9.97. The summed E-state index contributed by atoms with van der Waals surface area (Å²) in [5, 5.41) is 0. The van der Waals surface area contributed by atoms with Gasteiger partial charge in [-0.15, -0.1) is 0 Å². The number of ether oxygens (including phenoxy) is 9. The van der Waals surface area contributed by atoms with Gasteiger partial charge in [-0.25, -0.2) is 0 Å². The smallest absolute Gasteiger partial charge is 0.186 e. The molecule has 5 aromatic rings. The van der Waals surface area contributed by atoms with Crippen LogP contribution in [0.4, 0.5) is 0 Å². The molecule has 0 unspecified atom stereocenters. The highest BCUT2D eigenvalue weighted by atomic mass is 16.7. The topological polar surface area (TPSA) is 83.1 Å². The summed E-state index contributed by atoms with van der Waals surface area (Å²) in [6.07, 6.45) is -4.16. The first-order valence-corrected chi connectivity index (χ1v) is 19.9. The molecule has 0 amide bonds. The van der Waals surface area contributed by atoms with Crippen LogP contribution in [-0.4, -0.2) is 69.0 Å². The van der Waals surface area contributed by atoms with Gasteiger partial charge in [-0.05, 0) is 34.7 Å². The fourth-order valence-electron chi connectivity index (χ4n) is 7.33. The molecule has 2 saturated heterocycles. The minimum absolute atomic E-state index is 0.147. The van der Waals surface area contributed by atoms with E-state index in [-0.39, 0.29) is 24.9 Å². The monoisotopic (exact) mass is 774 g/mol. The molecule has 0 radical (unpaired) electrons. The fraction of sp³-hybridized carbons (Fsp3) is 0.375. The van der Waals surface area contributed by atoms with Crippen molar-refractivity contribution < 1.29 is 42.6 Å². The molecule has 2 aliphatic rings. The summed E-state index contributed by atoms with van der Waals surface area (Å²) in [7, 11) is 1.62. The Bertz CT molecular complexity index is 1830. The number of methoxy groups -OCH3 is 1. The van der Waals surface area contributed by atoms with E-state index in [1.54, 1.807) is 7.11 Å². The van der Waals surface area contributed by atoms with Gasteiger partial charge in [-0.2, -0.15) is 0 Å². The molecule has 0 saturated carbocycles. The van der Waals surface area contributed by atoms with Gasteiger partial charge in [0.2, 0.25) is 0 Å². The predicted molar refractivity (Wildman–Crippen MR) is 216 cm³/mol. The van der Waals surface area contributed by atoms with Crippen molar-refractivity contribution in [3.63, 3.8) is 0 Å². The quantitative estimate of drug-likeness (QED) is 0.0822. The van der Waals surface area contributed by atoms with Gasteiger partial charge in [0, 0.05) is 13.5 Å². The maximum atomic E-state index is 6.78. The molecule has 0 spiro atoms. The fourth-order valence-corrected chi connectivity index (χ4v) is 7.33. The van der Waals surface area contributed by atoms with Gasteiger partial charge in [0.1, 0.15) is 30.5 Å². The largest absolute Gasteiger partial charge is 0.371 e. The molecule has 0 bridgehead atoms. The minimum atomic E-state index is -0.761. The van der Waals surface area contributed by atoms with Crippen molar-refractivity contribution in [1.29, 1.82) is 0 Å². The van der Waals surface area contributed by atoms with Crippen LogP contribution < -0.4 is 0 Å². The third-order valence-electron chi connectivity index (χ3n) is 10.3. The van der Waals surface area contributed by atoms with Crippen molar-refractivity contribution in [2.24, 2.45) is 0 Å². The zero-order valence-electron chi connectivity index (χ0n) is 32.8. The highest BCUT2D eigenvalue weighted by molar-refractivity contribution is 5.17. The Morgan fingerprint density at radius 1 is 0.439 bits per heavy atom. The van der Waals surface area contributed by atoms with E-state index in [0.717, 1.165) is 27.8 Å². The Morgan fingerprint density at radius 2 is 0.825 bits per heavy atom. The van der Waals surface area contributed by atoms with Crippen molar-refractivity contribution in [1.82, 2.24) is 0 Å². The van der Waals surface area contributed by atoms with Crippen LogP contribution in [0.3, 0.4) is 0 Å². The van der Waals surface area contributed by atoms with Crippen molar-refractivity contribution >= 4 is 0 Å². The molecule has 7 rings (SSSR count). The van der Waals surface area contributed by atoms with E-state index in [0.29, 0.717) is 39.5 Å². The molecule has 300 valence electrons. The molecule has 0 aromatic heterocycles. The van der Waals surface area contributed by atoms with Gasteiger partial charge in [0.15, 0.2) is 12.6 Å². The van der Waals surface area contributed by atoms with E-state index in [4.69, 9.17) is 42.6 Å². The molecule has 57 heavy (non-hydrogen) atoms. The number of rotatable bonds is 19. The Kier molecular flexibility index (Phi) is 15.4. The van der Waals surface area contributed by atoms with Crippen molar-refractivity contribution in [2.45, 2.75) is 102 Å². The normalized spacial score (nSPS) is 26.2. The van der Waals surface area contributed by atoms with Crippen molar-refractivity contribution in [3.8, 4) is 0 Å².